The summed E-state index contributed by atoms with van der Waals surface area (Å²) in [5.74, 6) is -10.6. The van der Waals surface area contributed by atoms with Crippen molar-refractivity contribution in [3.63, 3.8) is 0 Å². The molecular weight excluding hydrogens is 425 g/mol. The lowest BCUT2D eigenvalue weighted by atomic mass is 10.0. The highest BCUT2D eigenvalue weighted by atomic mass is 32.2. The SMILES string of the molecule is Cc1ccc(S(=O)(=O)N2C(c3ccccc3)C2c2c(F)c(F)c(F)c(F)c2F)cc1. The van der Waals surface area contributed by atoms with Gasteiger partial charge in [-0.05, 0) is 24.6 Å². The molecule has 0 spiro atoms. The fourth-order valence-electron chi connectivity index (χ4n) is 3.49. The Hall–Kier alpha value is -2.78. The normalized spacial score (nSPS) is 20.9. The van der Waals surface area contributed by atoms with Crippen molar-refractivity contribution in [1.29, 1.82) is 0 Å². The van der Waals surface area contributed by atoms with Crippen molar-refractivity contribution >= 4 is 10.0 Å². The van der Waals surface area contributed by atoms with Crippen molar-refractivity contribution in [1.82, 2.24) is 4.31 Å². The van der Waals surface area contributed by atoms with Gasteiger partial charge in [-0.3, -0.25) is 0 Å². The van der Waals surface area contributed by atoms with Crippen LogP contribution in [0.4, 0.5) is 22.0 Å². The molecule has 9 heteroatoms. The zero-order chi connectivity index (χ0) is 21.8. The Morgan fingerprint density at radius 2 is 1.20 bits per heavy atom. The molecule has 4 rings (SSSR count). The van der Waals surface area contributed by atoms with Gasteiger partial charge >= 0.3 is 0 Å². The smallest absolute Gasteiger partial charge is 0.207 e. The summed E-state index contributed by atoms with van der Waals surface area (Å²) in [6.07, 6.45) is 0. The van der Waals surface area contributed by atoms with Gasteiger partial charge in [-0.1, -0.05) is 48.0 Å². The van der Waals surface area contributed by atoms with Crippen LogP contribution < -0.4 is 0 Å². The minimum Gasteiger partial charge on any atom is -0.207 e. The van der Waals surface area contributed by atoms with E-state index in [1.54, 1.807) is 37.3 Å². The molecule has 1 heterocycles. The lowest BCUT2D eigenvalue weighted by Crippen LogP contribution is -2.15. The molecule has 156 valence electrons. The van der Waals surface area contributed by atoms with Gasteiger partial charge in [0.25, 0.3) is 0 Å². The van der Waals surface area contributed by atoms with E-state index >= 15 is 0 Å². The van der Waals surface area contributed by atoms with Crippen molar-refractivity contribution in [2.45, 2.75) is 23.9 Å². The Labute approximate surface area is 169 Å². The molecule has 3 unspecified atom stereocenters. The van der Waals surface area contributed by atoms with E-state index in [1.165, 1.54) is 24.3 Å². The molecule has 1 fully saturated rings. The first kappa shape index (κ1) is 20.5. The first-order chi connectivity index (χ1) is 14.2. The van der Waals surface area contributed by atoms with Crippen LogP contribution in [0, 0.1) is 36.0 Å². The summed E-state index contributed by atoms with van der Waals surface area (Å²) in [5, 5.41) is 0. The van der Waals surface area contributed by atoms with Crippen LogP contribution in [-0.2, 0) is 10.0 Å². The highest BCUT2D eigenvalue weighted by Gasteiger charge is 2.59. The summed E-state index contributed by atoms with van der Waals surface area (Å²) >= 11 is 0. The number of rotatable bonds is 4. The third-order valence-electron chi connectivity index (χ3n) is 5.03. The summed E-state index contributed by atoms with van der Waals surface area (Å²) < 4.78 is 97.0. The van der Waals surface area contributed by atoms with Gasteiger partial charge in [-0.15, -0.1) is 0 Å². The van der Waals surface area contributed by atoms with Crippen molar-refractivity contribution in [2.75, 3.05) is 0 Å². The van der Waals surface area contributed by atoms with E-state index in [4.69, 9.17) is 0 Å². The van der Waals surface area contributed by atoms with Gasteiger partial charge in [0.2, 0.25) is 15.8 Å². The maximum absolute atomic E-state index is 14.5. The topological polar surface area (TPSA) is 37.1 Å². The fourth-order valence-corrected chi connectivity index (χ4v) is 5.21. The van der Waals surface area contributed by atoms with Gasteiger partial charge in [0.1, 0.15) is 0 Å². The molecule has 3 aromatic rings. The van der Waals surface area contributed by atoms with Crippen molar-refractivity contribution < 1.29 is 30.4 Å². The molecular formula is C21H14F5NO2S. The van der Waals surface area contributed by atoms with Crippen LogP contribution >= 0.6 is 0 Å². The van der Waals surface area contributed by atoms with E-state index in [9.17, 15) is 30.4 Å². The van der Waals surface area contributed by atoms with Crippen LogP contribution in [0.5, 0.6) is 0 Å². The van der Waals surface area contributed by atoms with Gasteiger partial charge in [0, 0.05) is 0 Å². The van der Waals surface area contributed by atoms with Crippen molar-refractivity contribution in [3.8, 4) is 0 Å². The predicted molar refractivity (Wildman–Crippen MR) is 98.4 cm³/mol. The molecule has 1 aliphatic rings. The number of halogens is 5. The van der Waals surface area contributed by atoms with Gasteiger partial charge in [-0.25, -0.2) is 30.4 Å². The standard InChI is InChI=1S/C21H14F5NO2S/c1-11-7-9-13(10-8-11)30(28,29)27-20(12-5-3-2-4-6-12)21(27)14-15(22)17(24)19(26)18(25)16(14)23/h2-10,20-21H,1H3. The van der Waals surface area contributed by atoms with Gasteiger partial charge in [0.05, 0.1) is 22.5 Å². The van der Waals surface area contributed by atoms with Crippen molar-refractivity contribution in [2.24, 2.45) is 0 Å². The number of sulfonamides is 1. The highest BCUT2D eigenvalue weighted by Crippen LogP contribution is 2.59. The minimum atomic E-state index is -4.29. The van der Waals surface area contributed by atoms with E-state index in [0.717, 1.165) is 9.87 Å². The number of benzene rings is 3. The van der Waals surface area contributed by atoms with Crippen LogP contribution in [0.2, 0.25) is 0 Å². The Morgan fingerprint density at radius 3 is 1.73 bits per heavy atom. The maximum atomic E-state index is 14.5. The molecule has 0 amide bonds. The average molecular weight is 439 g/mol. The lowest BCUT2D eigenvalue weighted by molar-refractivity contribution is 0.368. The third-order valence-corrected chi connectivity index (χ3v) is 6.91. The van der Waals surface area contributed by atoms with Crippen LogP contribution in [-0.4, -0.2) is 12.7 Å². The fraction of sp³-hybridized carbons (Fsp3) is 0.143. The third kappa shape index (κ3) is 3.09. The van der Waals surface area contributed by atoms with E-state index in [0.29, 0.717) is 5.56 Å². The summed E-state index contributed by atoms with van der Waals surface area (Å²) in [6.45, 7) is 1.75. The van der Waals surface area contributed by atoms with Gasteiger partial charge in [-0.2, -0.15) is 4.31 Å². The number of nitrogens with zero attached hydrogens (tertiary/aromatic N) is 1. The van der Waals surface area contributed by atoms with Gasteiger partial charge < -0.3 is 0 Å². The molecule has 0 aromatic heterocycles. The molecule has 1 aliphatic heterocycles. The quantitative estimate of drug-likeness (QED) is 0.243. The molecule has 3 aromatic carbocycles. The summed E-state index contributed by atoms with van der Waals surface area (Å²) in [6, 6.07) is 10.9. The molecule has 0 aliphatic carbocycles. The lowest BCUT2D eigenvalue weighted by Gasteiger charge is -2.09. The van der Waals surface area contributed by atoms with Gasteiger partial charge in [0.15, 0.2) is 23.3 Å². The van der Waals surface area contributed by atoms with Crippen LogP contribution in [0.25, 0.3) is 0 Å². The molecule has 0 bridgehead atoms. The van der Waals surface area contributed by atoms with Crippen LogP contribution in [0.3, 0.4) is 0 Å². The monoisotopic (exact) mass is 439 g/mol. The summed E-state index contributed by atoms with van der Waals surface area (Å²) in [7, 11) is -4.29. The highest BCUT2D eigenvalue weighted by molar-refractivity contribution is 7.89. The Kier molecular flexibility index (Phi) is 4.90. The Bertz CT molecular complexity index is 1200. The molecule has 0 N–H and O–H groups in total. The molecule has 0 saturated carbocycles. The van der Waals surface area contributed by atoms with E-state index in [-0.39, 0.29) is 4.90 Å². The molecule has 0 radical (unpaired) electrons. The average Bonchev–Trinajstić information content (AvgIpc) is 3.48. The Morgan fingerprint density at radius 1 is 0.700 bits per heavy atom. The van der Waals surface area contributed by atoms with Crippen LogP contribution in [0.15, 0.2) is 59.5 Å². The molecule has 3 nitrogen and oxygen atoms in total. The zero-order valence-electron chi connectivity index (χ0n) is 15.4. The second kappa shape index (κ2) is 7.17. The molecule has 3 atom stereocenters. The maximum Gasteiger partial charge on any atom is 0.244 e. The first-order valence-corrected chi connectivity index (χ1v) is 10.3. The first-order valence-electron chi connectivity index (χ1n) is 8.82. The van der Waals surface area contributed by atoms with Crippen LogP contribution in [0.1, 0.15) is 28.8 Å². The van der Waals surface area contributed by atoms with E-state index < -0.39 is 56.8 Å². The van der Waals surface area contributed by atoms with E-state index in [1.807, 2.05) is 0 Å². The minimum absolute atomic E-state index is 0.152. The molecule has 30 heavy (non-hydrogen) atoms. The number of hydrogen-bond donors (Lipinski definition) is 0. The second-order valence-corrected chi connectivity index (χ2v) is 8.78. The largest absolute Gasteiger partial charge is 0.244 e. The number of hydrogen-bond acceptors (Lipinski definition) is 2. The predicted octanol–water partition coefficient (Wildman–Crippen LogP) is 5.18. The second-order valence-electron chi connectivity index (χ2n) is 6.93. The summed E-state index contributed by atoms with van der Waals surface area (Å²) in [4.78, 5) is -0.152. The molecule has 1 saturated heterocycles. The zero-order valence-corrected chi connectivity index (χ0v) is 16.2. The number of aryl methyl sites for hydroxylation is 1. The summed E-state index contributed by atoms with van der Waals surface area (Å²) in [5.41, 5.74) is -0.0197. The van der Waals surface area contributed by atoms with Crippen molar-refractivity contribution in [3.05, 3.63) is 100 Å². The Balaban J connectivity index is 1.89. The van der Waals surface area contributed by atoms with E-state index in [2.05, 4.69) is 0 Å².